The number of para-hydroxylation sites is 1. The number of aromatic nitrogens is 3. The molecular weight excluding hydrogens is 374 g/mol. The number of hydrogen-bond acceptors (Lipinski definition) is 3. The molecule has 0 saturated carbocycles. The molecule has 4 rings (SSSR count). The van der Waals surface area contributed by atoms with E-state index >= 15 is 0 Å². The molecule has 30 heavy (non-hydrogen) atoms. The quantitative estimate of drug-likeness (QED) is 0.344. The van der Waals surface area contributed by atoms with Crippen molar-refractivity contribution in [1.82, 2.24) is 14.1 Å². The summed E-state index contributed by atoms with van der Waals surface area (Å²) in [7, 11) is 1.88. The normalized spacial score (nSPS) is 11.4. The van der Waals surface area contributed by atoms with E-state index in [1.807, 2.05) is 48.0 Å². The molecule has 5 heteroatoms. The van der Waals surface area contributed by atoms with E-state index in [0.29, 0.717) is 17.6 Å². The number of rotatable bonds is 7. The van der Waals surface area contributed by atoms with E-state index in [1.54, 1.807) is 10.6 Å². The molecule has 0 amide bonds. The Morgan fingerprint density at radius 3 is 2.40 bits per heavy atom. The lowest BCUT2D eigenvalue weighted by Crippen LogP contribution is -2.31. The Balaban J connectivity index is 1.91. The van der Waals surface area contributed by atoms with Gasteiger partial charge in [0.1, 0.15) is 11.2 Å². The van der Waals surface area contributed by atoms with Crippen LogP contribution in [0.2, 0.25) is 0 Å². The van der Waals surface area contributed by atoms with Crippen molar-refractivity contribution in [3.05, 3.63) is 86.6 Å². The van der Waals surface area contributed by atoms with Crippen LogP contribution < -0.4 is 11.0 Å². The van der Waals surface area contributed by atoms with Crippen molar-refractivity contribution in [2.75, 3.05) is 0 Å². The van der Waals surface area contributed by atoms with Gasteiger partial charge >= 0.3 is 0 Å². The van der Waals surface area contributed by atoms with Crippen LogP contribution in [-0.4, -0.2) is 14.1 Å². The summed E-state index contributed by atoms with van der Waals surface area (Å²) in [4.78, 5) is 31.6. The molecule has 154 valence electrons. The van der Waals surface area contributed by atoms with Crippen LogP contribution in [-0.2, 0) is 26.4 Å². The minimum Gasteiger partial charge on any atom is -0.328 e. The van der Waals surface area contributed by atoms with Gasteiger partial charge in [0.15, 0.2) is 5.65 Å². The summed E-state index contributed by atoms with van der Waals surface area (Å²) in [5.41, 5.74) is 1.98. The second-order valence-corrected chi connectivity index (χ2v) is 7.78. The Morgan fingerprint density at radius 2 is 1.63 bits per heavy atom. The van der Waals surface area contributed by atoms with E-state index in [4.69, 9.17) is 4.98 Å². The second kappa shape index (κ2) is 8.66. The van der Waals surface area contributed by atoms with Gasteiger partial charge in [-0.05, 0) is 30.5 Å². The average molecular weight is 402 g/mol. The lowest BCUT2D eigenvalue weighted by molar-refractivity contribution is 0.588. The van der Waals surface area contributed by atoms with Gasteiger partial charge in [0, 0.05) is 25.4 Å². The molecule has 0 saturated heterocycles. The van der Waals surface area contributed by atoms with Crippen LogP contribution >= 0.6 is 0 Å². The summed E-state index contributed by atoms with van der Waals surface area (Å²) in [6.45, 7) is 2.68. The summed E-state index contributed by atoms with van der Waals surface area (Å²) >= 11 is 0. The Bertz CT molecular complexity index is 1300. The Kier molecular flexibility index (Phi) is 5.79. The van der Waals surface area contributed by atoms with Gasteiger partial charge in [0.2, 0.25) is 5.43 Å². The number of pyridine rings is 1. The molecule has 0 aliphatic heterocycles. The Labute approximate surface area is 175 Å². The lowest BCUT2D eigenvalue weighted by atomic mass is 10.1. The number of hydrogen-bond donors (Lipinski definition) is 0. The zero-order valence-electron chi connectivity index (χ0n) is 17.6. The van der Waals surface area contributed by atoms with Crippen LogP contribution in [0, 0.1) is 0 Å². The van der Waals surface area contributed by atoms with E-state index in [1.165, 1.54) is 0 Å². The molecule has 0 radical (unpaired) electrons. The molecule has 0 fully saturated rings. The molecule has 2 heterocycles. The van der Waals surface area contributed by atoms with Gasteiger partial charge in [-0.25, -0.2) is 4.98 Å². The number of benzene rings is 2. The summed E-state index contributed by atoms with van der Waals surface area (Å²) in [6, 6.07) is 17.5. The van der Waals surface area contributed by atoms with E-state index in [-0.39, 0.29) is 16.4 Å². The molecular formula is C25H27N3O2. The van der Waals surface area contributed by atoms with Crippen molar-refractivity contribution in [2.45, 2.75) is 45.6 Å². The second-order valence-electron chi connectivity index (χ2n) is 7.78. The molecule has 0 aliphatic carbocycles. The molecule has 0 bridgehead atoms. The lowest BCUT2D eigenvalue weighted by Gasteiger charge is -2.16. The van der Waals surface area contributed by atoms with Gasteiger partial charge in [0.25, 0.3) is 5.56 Å². The third-order valence-corrected chi connectivity index (χ3v) is 5.75. The number of aryl methyl sites for hydroxylation is 3. The molecule has 0 N–H and O–H groups in total. The first-order valence-corrected chi connectivity index (χ1v) is 10.7. The fourth-order valence-corrected chi connectivity index (χ4v) is 4.07. The first kappa shape index (κ1) is 20.1. The highest BCUT2D eigenvalue weighted by Gasteiger charge is 2.18. The van der Waals surface area contributed by atoms with E-state index in [2.05, 4.69) is 19.1 Å². The van der Waals surface area contributed by atoms with Crippen LogP contribution in [0.1, 0.15) is 37.6 Å². The number of unbranched alkanes of at least 4 members (excludes halogenated alkanes) is 2. The van der Waals surface area contributed by atoms with Gasteiger partial charge in [0.05, 0.1) is 5.52 Å². The van der Waals surface area contributed by atoms with Crippen LogP contribution in [0.25, 0.3) is 21.9 Å². The average Bonchev–Trinajstić information content (AvgIpc) is 2.77. The maximum atomic E-state index is 13.5. The summed E-state index contributed by atoms with van der Waals surface area (Å²) in [5.74, 6) is 0.766. The molecule has 4 aromatic rings. The number of fused-ring (bicyclic) bond motifs is 2. The van der Waals surface area contributed by atoms with Crippen LogP contribution in [0.15, 0.2) is 64.2 Å². The van der Waals surface area contributed by atoms with Crippen molar-refractivity contribution in [1.29, 1.82) is 0 Å². The molecule has 0 spiro atoms. The fourth-order valence-electron chi connectivity index (χ4n) is 4.07. The highest BCUT2D eigenvalue weighted by atomic mass is 16.1. The highest BCUT2D eigenvalue weighted by Crippen LogP contribution is 2.16. The predicted molar refractivity (Wildman–Crippen MR) is 122 cm³/mol. The molecule has 2 aromatic carbocycles. The maximum Gasteiger partial charge on any atom is 0.266 e. The van der Waals surface area contributed by atoms with Crippen molar-refractivity contribution < 1.29 is 0 Å². The standard InChI is InChI=1S/C25H27N3O2/c1-3-4-6-15-21-26-24-22(23(29)19-13-9-10-14-20(19)27(24)2)25(30)28(21)17-16-18-11-7-5-8-12-18/h5,7-14H,3-4,6,15-17H2,1-2H3. The third-order valence-electron chi connectivity index (χ3n) is 5.75. The highest BCUT2D eigenvalue weighted by molar-refractivity contribution is 5.91. The third kappa shape index (κ3) is 3.67. The van der Waals surface area contributed by atoms with Crippen LogP contribution in [0.4, 0.5) is 0 Å². The Morgan fingerprint density at radius 1 is 0.900 bits per heavy atom. The van der Waals surface area contributed by atoms with E-state index in [9.17, 15) is 9.59 Å². The van der Waals surface area contributed by atoms with Crippen molar-refractivity contribution in [3.8, 4) is 0 Å². The zero-order chi connectivity index (χ0) is 21.1. The van der Waals surface area contributed by atoms with Gasteiger partial charge in [-0.3, -0.25) is 14.2 Å². The number of nitrogens with zero attached hydrogens (tertiary/aromatic N) is 3. The fraction of sp³-hybridized carbons (Fsp3) is 0.320. The first-order valence-electron chi connectivity index (χ1n) is 10.7. The minimum absolute atomic E-state index is 0.184. The van der Waals surface area contributed by atoms with Crippen LogP contribution in [0.3, 0.4) is 0 Å². The van der Waals surface area contributed by atoms with Crippen molar-refractivity contribution >= 4 is 21.9 Å². The zero-order valence-corrected chi connectivity index (χ0v) is 17.6. The van der Waals surface area contributed by atoms with Gasteiger partial charge in [-0.1, -0.05) is 62.2 Å². The van der Waals surface area contributed by atoms with Crippen LogP contribution in [0.5, 0.6) is 0 Å². The molecule has 0 atom stereocenters. The Hall–Kier alpha value is -3.21. The molecule has 5 nitrogen and oxygen atoms in total. The first-order chi connectivity index (χ1) is 14.6. The SMILES string of the molecule is CCCCCc1nc2c(c(=O)c3ccccc3n2C)c(=O)n1CCc1ccccc1. The van der Waals surface area contributed by atoms with E-state index < -0.39 is 0 Å². The smallest absolute Gasteiger partial charge is 0.266 e. The maximum absolute atomic E-state index is 13.5. The van der Waals surface area contributed by atoms with Gasteiger partial charge in [-0.2, -0.15) is 0 Å². The predicted octanol–water partition coefficient (Wildman–Crippen LogP) is 4.22. The molecule has 2 aromatic heterocycles. The topological polar surface area (TPSA) is 56.9 Å². The molecule has 0 unspecified atom stereocenters. The summed E-state index contributed by atoms with van der Waals surface area (Å²) in [5, 5.41) is 0.739. The van der Waals surface area contributed by atoms with Gasteiger partial charge in [-0.15, -0.1) is 0 Å². The largest absolute Gasteiger partial charge is 0.328 e. The monoisotopic (exact) mass is 401 g/mol. The minimum atomic E-state index is -0.232. The van der Waals surface area contributed by atoms with Gasteiger partial charge < -0.3 is 4.57 Å². The summed E-state index contributed by atoms with van der Waals surface area (Å²) < 4.78 is 3.60. The summed E-state index contributed by atoms with van der Waals surface area (Å²) in [6.07, 6.45) is 4.62. The van der Waals surface area contributed by atoms with E-state index in [0.717, 1.165) is 49.0 Å². The van der Waals surface area contributed by atoms with Crippen molar-refractivity contribution in [3.63, 3.8) is 0 Å². The van der Waals surface area contributed by atoms with Crippen molar-refractivity contribution in [2.24, 2.45) is 7.05 Å². The molecule has 0 aliphatic rings.